The molecule has 1 aromatic carbocycles. The maximum atomic E-state index is 11.1. The molecule has 0 aliphatic carbocycles. The molecule has 0 spiro atoms. The van der Waals surface area contributed by atoms with Crippen LogP contribution < -0.4 is 11.5 Å². The van der Waals surface area contributed by atoms with Crippen LogP contribution in [-0.2, 0) is 6.42 Å². The van der Waals surface area contributed by atoms with Crippen LogP contribution >= 0.6 is 0 Å². The van der Waals surface area contributed by atoms with Crippen LogP contribution in [0.4, 0.5) is 0 Å². The number of aromatic amines is 1. The molecule has 2 aromatic rings. The summed E-state index contributed by atoms with van der Waals surface area (Å²) in [7, 11) is 2.11. The molecule has 5 nitrogen and oxygen atoms in total. The largest absolute Gasteiger partial charge is 0.417 e. The minimum absolute atomic E-state index is 0.402. The summed E-state index contributed by atoms with van der Waals surface area (Å²) < 4.78 is 5.06. The predicted octanol–water partition coefficient (Wildman–Crippen LogP) is 1.33. The molecule has 1 atom stereocenters. The topological polar surface area (TPSA) is 75.3 Å². The number of hydrogen-bond acceptors (Lipinski definition) is 4. The van der Waals surface area contributed by atoms with Gasteiger partial charge in [0.1, 0.15) is 0 Å². The van der Waals surface area contributed by atoms with E-state index >= 15 is 0 Å². The highest BCUT2D eigenvalue weighted by molar-refractivity contribution is 5.72. The summed E-state index contributed by atoms with van der Waals surface area (Å²) in [6.07, 6.45) is 1.93. The van der Waals surface area contributed by atoms with Crippen molar-refractivity contribution in [3.63, 3.8) is 0 Å². The highest BCUT2D eigenvalue weighted by atomic mass is 16.4. The maximum Gasteiger partial charge on any atom is 0.417 e. The first-order valence-electron chi connectivity index (χ1n) is 6.62. The zero-order valence-electron chi connectivity index (χ0n) is 11.5. The molecule has 1 unspecified atom stereocenters. The van der Waals surface area contributed by atoms with Crippen molar-refractivity contribution in [1.29, 1.82) is 0 Å². The molecule has 0 bridgehead atoms. The molecule has 1 aromatic heterocycles. The van der Waals surface area contributed by atoms with Crippen molar-refractivity contribution in [3.05, 3.63) is 34.3 Å². The average molecular weight is 263 g/mol. The molecule has 0 fully saturated rings. The summed E-state index contributed by atoms with van der Waals surface area (Å²) in [4.78, 5) is 16.0. The van der Waals surface area contributed by atoms with Crippen LogP contribution in [0.2, 0.25) is 0 Å². The summed E-state index contributed by atoms with van der Waals surface area (Å²) in [6, 6.07) is 6.32. The second kappa shape index (κ2) is 6.04. The third-order valence-corrected chi connectivity index (χ3v) is 3.58. The Bertz CT molecular complexity index is 588. The number of rotatable bonds is 6. The Kier molecular flexibility index (Phi) is 4.39. The number of nitrogens with one attached hydrogen (secondary N) is 1. The molecule has 1 heterocycles. The van der Waals surface area contributed by atoms with E-state index in [2.05, 4.69) is 23.9 Å². The van der Waals surface area contributed by atoms with Crippen LogP contribution in [0, 0.1) is 0 Å². The third kappa shape index (κ3) is 3.45. The van der Waals surface area contributed by atoms with E-state index in [-0.39, 0.29) is 0 Å². The first-order valence-corrected chi connectivity index (χ1v) is 6.62. The zero-order valence-corrected chi connectivity index (χ0v) is 11.5. The Morgan fingerprint density at radius 3 is 3.00 bits per heavy atom. The van der Waals surface area contributed by atoms with Gasteiger partial charge in [-0.2, -0.15) is 0 Å². The standard InChI is InChI=1S/C14H21N3O2/c1-10(5-7-15)17(2)8-6-11-3-4-12-13(9-11)19-14(18)16-12/h3-4,9-10H,5-8,15H2,1-2H3,(H,16,18). The highest BCUT2D eigenvalue weighted by Crippen LogP contribution is 2.13. The molecule has 104 valence electrons. The van der Waals surface area contributed by atoms with Gasteiger partial charge < -0.3 is 15.1 Å². The Hall–Kier alpha value is -1.59. The van der Waals surface area contributed by atoms with E-state index in [1.54, 1.807) is 0 Å². The summed E-state index contributed by atoms with van der Waals surface area (Å²) in [5.74, 6) is -0.402. The van der Waals surface area contributed by atoms with E-state index in [4.69, 9.17) is 10.2 Å². The van der Waals surface area contributed by atoms with Crippen molar-refractivity contribution in [2.24, 2.45) is 5.73 Å². The van der Waals surface area contributed by atoms with Crippen LogP contribution in [0.25, 0.3) is 11.1 Å². The number of nitrogens with zero attached hydrogens (tertiary/aromatic N) is 1. The van der Waals surface area contributed by atoms with Gasteiger partial charge in [-0.1, -0.05) is 6.07 Å². The van der Waals surface area contributed by atoms with Gasteiger partial charge in [0, 0.05) is 12.6 Å². The smallest absolute Gasteiger partial charge is 0.408 e. The number of oxazole rings is 1. The molecule has 2 rings (SSSR count). The number of nitrogens with two attached hydrogens (primary N) is 1. The number of H-pyrrole nitrogens is 1. The predicted molar refractivity (Wildman–Crippen MR) is 76.3 cm³/mol. The Morgan fingerprint density at radius 1 is 1.47 bits per heavy atom. The zero-order chi connectivity index (χ0) is 13.8. The number of fused-ring (bicyclic) bond motifs is 1. The molecule has 3 N–H and O–H groups in total. The molecule has 0 radical (unpaired) electrons. The van der Waals surface area contributed by atoms with Crippen molar-refractivity contribution in [3.8, 4) is 0 Å². The number of likely N-dealkylation sites (N-methyl/N-ethyl adjacent to an activating group) is 1. The third-order valence-electron chi connectivity index (χ3n) is 3.58. The van der Waals surface area contributed by atoms with Crippen LogP contribution in [-0.4, -0.2) is 36.1 Å². The van der Waals surface area contributed by atoms with E-state index < -0.39 is 5.76 Å². The lowest BCUT2D eigenvalue weighted by Crippen LogP contribution is -2.32. The second-order valence-corrected chi connectivity index (χ2v) is 5.00. The monoisotopic (exact) mass is 263 g/mol. The first-order chi connectivity index (χ1) is 9.10. The van der Waals surface area contributed by atoms with Gasteiger partial charge in [-0.3, -0.25) is 4.98 Å². The molecule has 19 heavy (non-hydrogen) atoms. The quantitative estimate of drug-likeness (QED) is 0.824. The molecule has 0 aliphatic rings. The van der Waals surface area contributed by atoms with Crippen molar-refractivity contribution >= 4 is 11.1 Å². The van der Waals surface area contributed by atoms with Gasteiger partial charge in [-0.15, -0.1) is 0 Å². The normalized spacial score (nSPS) is 13.3. The van der Waals surface area contributed by atoms with E-state index in [1.807, 2.05) is 18.2 Å². The lowest BCUT2D eigenvalue weighted by atomic mass is 10.1. The molecule has 5 heteroatoms. The van der Waals surface area contributed by atoms with Crippen molar-refractivity contribution in [2.75, 3.05) is 20.1 Å². The Balaban J connectivity index is 1.99. The van der Waals surface area contributed by atoms with Crippen molar-refractivity contribution in [1.82, 2.24) is 9.88 Å². The van der Waals surface area contributed by atoms with Gasteiger partial charge in [0.05, 0.1) is 5.52 Å². The van der Waals surface area contributed by atoms with Crippen LogP contribution in [0.1, 0.15) is 18.9 Å². The average Bonchev–Trinajstić information content (AvgIpc) is 2.75. The van der Waals surface area contributed by atoms with E-state index in [1.165, 1.54) is 5.56 Å². The van der Waals surface area contributed by atoms with Gasteiger partial charge in [0.25, 0.3) is 0 Å². The maximum absolute atomic E-state index is 11.1. The van der Waals surface area contributed by atoms with Crippen molar-refractivity contribution in [2.45, 2.75) is 25.8 Å². The van der Waals surface area contributed by atoms with Gasteiger partial charge >= 0.3 is 5.76 Å². The lowest BCUT2D eigenvalue weighted by molar-refractivity contribution is 0.251. The lowest BCUT2D eigenvalue weighted by Gasteiger charge is -2.24. The number of hydrogen-bond donors (Lipinski definition) is 2. The van der Waals surface area contributed by atoms with Crippen LogP contribution in [0.3, 0.4) is 0 Å². The molecule has 0 aliphatic heterocycles. The summed E-state index contributed by atoms with van der Waals surface area (Å²) in [6.45, 7) is 3.86. The van der Waals surface area contributed by atoms with Gasteiger partial charge in [0.2, 0.25) is 0 Å². The van der Waals surface area contributed by atoms with E-state index in [0.717, 1.165) is 24.9 Å². The summed E-state index contributed by atoms with van der Waals surface area (Å²) in [5.41, 5.74) is 8.11. The fourth-order valence-corrected chi connectivity index (χ4v) is 2.13. The fraction of sp³-hybridized carbons (Fsp3) is 0.500. The number of aromatic nitrogens is 1. The van der Waals surface area contributed by atoms with Crippen LogP contribution in [0.5, 0.6) is 0 Å². The fourth-order valence-electron chi connectivity index (χ4n) is 2.13. The number of benzene rings is 1. The SMILES string of the molecule is CC(CCN)N(C)CCc1ccc2[nH]c(=O)oc2c1. The molecule has 0 saturated heterocycles. The highest BCUT2D eigenvalue weighted by Gasteiger charge is 2.08. The molecular formula is C14H21N3O2. The molecular weight excluding hydrogens is 242 g/mol. The first kappa shape index (κ1) is 13.8. The van der Waals surface area contributed by atoms with E-state index in [0.29, 0.717) is 18.2 Å². The van der Waals surface area contributed by atoms with Gasteiger partial charge in [0.15, 0.2) is 5.58 Å². The van der Waals surface area contributed by atoms with E-state index in [9.17, 15) is 4.79 Å². The Morgan fingerprint density at radius 2 is 2.26 bits per heavy atom. The van der Waals surface area contributed by atoms with Crippen LogP contribution in [0.15, 0.2) is 27.4 Å². The van der Waals surface area contributed by atoms with Gasteiger partial charge in [-0.05, 0) is 51.1 Å². The minimum atomic E-state index is -0.402. The second-order valence-electron chi connectivity index (χ2n) is 5.00. The summed E-state index contributed by atoms with van der Waals surface area (Å²) >= 11 is 0. The Labute approximate surface area is 112 Å². The summed E-state index contributed by atoms with van der Waals surface area (Å²) in [5, 5.41) is 0. The van der Waals surface area contributed by atoms with Crippen molar-refractivity contribution < 1.29 is 4.42 Å². The minimum Gasteiger partial charge on any atom is -0.408 e. The molecule has 0 saturated carbocycles. The molecule has 0 amide bonds. The van der Waals surface area contributed by atoms with Gasteiger partial charge in [-0.25, -0.2) is 4.79 Å².